The van der Waals surface area contributed by atoms with Crippen LogP contribution in [0.15, 0.2) is 51.7 Å². The Morgan fingerprint density at radius 3 is 2.90 bits per heavy atom. The van der Waals surface area contributed by atoms with Gasteiger partial charge in [0.1, 0.15) is 17.3 Å². The lowest BCUT2D eigenvalue weighted by atomic mass is 9.93. The molecular formula is C21H29N7O3. The highest BCUT2D eigenvalue weighted by molar-refractivity contribution is 6.06. The summed E-state index contributed by atoms with van der Waals surface area (Å²) in [5.74, 6) is 1.56. The molecule has 2 aliphatic rings. The second kappa shape index (κ2) is 10.1. The molecule has 1 unspecified atom stereocenters. The number of aromatic nitrogens is 1. The summed E-state index contributed by atoms with van der Waals surface area (Å²) in [5.41, 5.74) is 1.01. The van der Waals surface area contributed by atoms with Crippen LogP contribution in [0.25, 0.3) is 0 Å². The fourth-order valence-corrected chi connectivity index (χ4v) is 3.60. The Labute approximate surface area is 181 Å². The predicted octanol–water partition coefficient (Wildman–Crippen LogP) is 1.54. The van der Waals surface area contributed by atoms with Crippen LogP contribution in [0.3, 0.4) is 0 Å². The fraction of sp³-hybridized carbons (Fsp3) is 0.429. The van der Waals surface area contributed by atoms with Gasteiger partial charge in [-0.2, -0.15) is 10.1 Å². The van der Waals surface area contributed by atoms with E-state index in [1.165, 1.54) is 12.1 Å². The Bertz CT molecular complexity index is 925. The molecule has 0 aromatic carbocycles. The topological polar surface area (TPSA) is 123 Å². The van der Waals surface area contributed by atoms with Crippen LogP contribution in [-0.2, 0) is 4.79 Å². The first kappa shape index (κ1) is 22.3. The number of ether oxygens (including phenoxy) is 1. The number of pyridine rings is 1. The van der Waals surface area contributed by atoms with Crippen molar-refractivity contribution >= 4 is 24.1 Å². The molecule has 1 aliphatic heterocycles. The van der Waals surface area contributed by atoms with Crippen LogP contribution in [0, 0.1) is 0 Å². The van der Waals surface area contributed by atoms with Crippen molar-refractivity contribution in [1.29, 1.82) is 0 Å². The largest absolute Gasteiger partial charge is 0.480 e. The maximum Gasteiger partial charge on any atom is 0.250 e. The van der Waals surface area contributed by atoms with Crippen molar-refractivity contribution in [1.82, 2.24) is 20.6 Å². The number of anilines is 1. The number of aliphatic hydroxyl groups excluding tert-OH is 1. The number of hydrogen-bond donors (Lipinski definition) is 4. The van der Waals surface area contributed by atoms with Gasteiger partial charge < -0.3 is 25.8 Å². The average Bonchev–Trinajstić information content (AvgIpc) is 2.78. The molecule has 1 amide bonds. The van der Waals surface area contributed by atoms with Crippen LogP contribution in [-0.4, -0.2) is 59.9 Å². The molecule has 166 valence electrons. The summed E-state index contributed by atoms with van der Waals surface area (Å²) < 4.78 is 5.29. The van der Waals surface area contributed by atoms with E-state index < -0.39 is 0 Å². The van der Waals surface area contributed by atoms with Crippen molar-refractivity contribution in [2.75, 3.05) is 19.5 Å². The molecule has 2 atom stereocenters. The van der Waals surface area contributed by atoms with Gasteiger partial charge in [0.05, 0.1) is 18.8 Å². The Hall–Kier alpha value is -3.40. The molecule has 0 radical (unpaired) electrons. The highest BCUT2D eigenvalue weighted by Crippen LogP contribution is 2.26. The summed E-state index contributed by atoms with van der Waals surface area (Å²) in [4.78, 5) is 21.7. The average molecular weight is 428 g/mol. The fourth-order valence-electron chi connectivity index (χ4n) is 3.60. The number of carbonyl (C=O) groups is 1. The minimum atomic E-state index is -0.379. The summed E-state index contributed by atoms with van der Waals surface area (Å²) in [6.07, 6.45) is 6.04. The Kier molecular flexibility index (Phi) is 7.24. The van der Waals surface area contributed by atoms with Crippen molar-refractivity contribution in [3.63, 3.8) is 0 Å². The van der Waals surface area contributed by atoms with E-state index in [2.05, 4.69) is 37.7 Å². The zero-order chi connectivity index (χ0) is 22.4. The lowest BCUT2D eigenvalue weighted by Gasteiger charge is -2.29. The van der Waals surface area contributed by atoms with Gasteiger partial charge in [0.2, 0.25) is 5.88 Å². The molecular weight excluding hydrogens is 398 g/mol. The molecule has 1 aliphatic carbocycles. The molecule has 31 heavy (non-hydrogen) atoms. The highest BCUT2D eigenvalue weighted by Gasteiger charge is 2.27. The Balaban J connectivity index is 1.90. The molecule has 10 heteroatoms. The zero-order valence-electron chi connectivity index (χ0n) is 18.1. The van der Waals surface area contributed by atoms with E-state index >= 15 is 0 Å². The number of hydrogen-bond acceptors (Lipinski definition) is 9. The molecule has 1 saturated carbocycles. The summed E-state index contributed by atoms with van der Waals surface area (Å²) in [5, 5.41) is 24.6. The number of carbonyl (C=O) groups excluding carboxylic acids is 1. The molecule has 1 fully saturated rings. The molecule has 3 rings (SSSR count). The summed E-state index contributed by atoms with van der Waals surface area (Å²) in [6.45, 7) is 5.30. The summed E-state index contributed by atoms with van der Waals surface area (Å²) in [6, 6.07) is 3.53. The predicted molar refractivity (Wildman–Crippen MR) is 119 cm³/mol. The van der Waals surface area contributed by atoms with Gasteiger partial charge in [0.25, 0.3) is 5.91 Å². The molecule has 0 spiro atoms. The van der Waals surface area contributed by atoms with E-state index in [4.69, 9.17) is 4.74 Å². The maximum absolute atomic E-state index is 12.9. The van der Waals surface area contributed by atoms with E-state index in [0.29, 0.717) is 41.0 Å². The smallest absolute Gasteiger partial charge is 0.250 e. The first-order valence-corrected chi connectivity index (χ1v) is 10.2. The summed E-state index contributed by atoms with van der Waals surface area (Å²) >= 11 is 0. The number of aliphatic imine (C=N–C) groups is 1. The van der Waals surface area contributed by atoms with Gasteiger partial charge in [-0.1, -0.05) is 0 Å². The number of aliphatic hydroxyl groups is 1. The first-order chi connectivity index (χ1) is 15.0. The van der Waals surface area contributed by atoms with E-state index in [9.17, 15) is 9.90 Å². The van der Waals surface area contributed by atoms with Crippen molar-refractivity contribution in [2.45, 2.75) is 44.8 Å². The first-order valence-electron chi connectivity index (χ1n) is 10.2. The van der Waals surface area contributed by atoms with E-state index in [1.54, 1.807) is 32.3 Å². The lowest BCUT2D eigenvalue weighted by molar-refractivity contribution is -0.118. The van der Waals surface area contributed by atoms with E-state index in [-0.39, 0.29) is 18.1 Å². The number of rotatable bonds is 6. The third-order valence-corrected chi connectivity index (χ3v) is 5.21. The minimum absolute atomic E-state index is 0.0685. The Morgan fingerprint density at radius 2 is 2.23 bits per heavy atom. The standard InChI is InChI=1S/C21H29N7O3/c1-13(20(30)25-14-7-5-8-15(29)11-14)19-27-17(12-18(22-2)28(19)23-3)26-16-9-6-10-24-21(16)31-4/h6,9-10,12,14-15,22,29H,3,5,7-8,11H2,1-2,4H3,(H,25,30)(H,26,27)/b19-13+/t14?,15-/m0/s1. The monoisotopic (exact) mass is 427 g/mol. The van der Waals surface area contributed by atoms with Crippen molar-refractivity contribution < 1.29 is 14.6 Å². The van der Waals surface area contributed by atoms with Gasteiger partial charge in [-0.05, 0) is 44.7 Å². The van der Waals surface area contributed by atoms with Gasteiger partial charge in [0, 0.05) is 32.1 Å². The van der Waals surface area contributed by atoms with E-state index in [0.717, 1.165) is 19.3 Å². The number of nitrogens with one attached hydrogen (secondary N) is 3. The van der Waals surface area contributed by atoms with Crippen LogP contribution in [0.5, 0.6) is 5.88 Å². The van der Waals surface area contributed by atoms with Gasteiger partial charge in [-0.3, -0.25) is 4.79 Å². The molecule has 1 aromatic heterocycles. The van der Waals surface area contributed by atoms with Crippen LogP contribution in [0.1, 0.15) is 32.6 Å². The van der Waals surface area contributed by atoms with Crippen molar-refractivity contribution in [3.05, 3.63) is 41.6 Å². The normalized spacial score (nSPS) is 22.6. The summed E-state index contributed by atoms with van der Waals surface area (Å²) in [7, 11) is 3.28. The third kappa shape index (κ3) is 5.21. The van der Waals surface area contributed by atoms with Gasteiger partial charge in [0.15, 0.2) is 5.82 Å². The third-order valence-electron chi connectivity index (χ3n) is 5.21. The number of hydrazone groups is 1. The van der Waals surface area contributed by atoms with Crippen LogP contribution < -0.4 is 20.7 Å². The molecule has 10 nitrogen and oxygen atoms in total. The van der Waals surface area contributed by atoms with E-state index in [1.807, 2.05) is 6.07 Å². The van der Waals surface area contributed by atoms with Crippen molar-refractivity contribution in [3.8, 4) is 5.88 Å². The molecule has 0 bridgehead atoms. The SMILES string of the molecule is C=NN1C(NC)=CC(Nc2cccnc2OC)=N/C1=C(/C)C(=O)NC1CCC[C@H](O)C1. The lowest BCUT2D eigenvalue weighted by Crippen LogP contribution is -2.41. The second-order valence-electron chi connectivity index (χ2n) is 7.35. The second-order valence-corrected chi connectivity index (χ2v) is 7.35. The van der Waals surface area contributed by atoms with Gasteiger partial charge in [-0.25, -0.2) is 9.98 Å². The Morgan fingerprint density at radius 1 is 1.42 bits per heavy atom. The zero-order valence-corrected chi connectivity index (χ0v) is 18.1. The maximum atomic E-state index is 12.9. The highest BCUT2D eigenvalue weighted by atomic mass is 16.5. The van der Waals surface area contributed by atoms with Crippen LogP contribution >= 0.6 is 0 Å². The molecule has 4 N–H and O–H groups in total. The molecule has 1 aromatic rings. The van der Waals surface area contributed by atoms with Crippen molar-refractivity contribution in [2.24, 2.45) is 10.1 Å². The van der Waals surface area contributed by atoms with Gasteiger partial charge >= 0.3 is 0 Å². The minimum Gasteiger partial charge on any atom is -0.480 e. The molecule has 0 saturated heterocycles. The quantitative estimate of drug-likeness (QED) is 0.401. The van der Waals surface area contributed by atoms with Crippen LogP contribution in [0.4, 0.5) is 5.69 Å². The number of methoxy groups -OCH3 is 1. The number of nitrogens with zero attached hydrogens (tertiary/aromatic N) is 4. The van der Waals surface area contributed by atoms with Gasteiger partial charge in [-0.15, -0.1) is 0 Å². The number of amidine groups is 1. The van der Waals surface area contributed by atoms with Crippen LogP contribution in [0.2, 0.25) is 0 Å². The molecule has 2 heterocycles. The number of amides is 1.